The third-order valence-electron chi connectivity index (χ3n) is 3.28. The van der Waals surface area contributed by atoms with Crippen molar-refractivity contribution in [3.8, 4) is 0 Å². The molecule has 0 aliphatic rings. The summed E-state index contributed by atoms with van der Waals surface area (Å²) in [6.45, 7) is 4.69. The largest absolute Gasteiger partial charge is 0.364 e. The molecule has 22 heavy (non-hydrogen) atoms. The van der Waals surface area contributed by atoms with Crippen molar-refractivity contribution in [1.29, 1.82) is 0 Å². The first-order chi connectivity index (χ1) is 10.4. The number of nitrogens with two attached hydrogens (primary N) is 1. The Bertz CT molecular complexity index is 741. The molecule has 0 saturated heterocycles. The average molecular weight is 302 g/mol. The fourth-order valence-corrected chi connectivity index (χ4v) is 2.10. The van der Waals surface area contributed by atoms with Crippen molar-refractivity contribution in [1.82, 2.24) is 19.6 Å². The Morgan fingerprint density at radius 1 is 1.36 bits per heavy atom. The zero-order valence-electron chi connectivity index (χ0n) is 12.7. The highest BCUT2D eigenvalue weighted by Gasteiger charge is 2.15. The van der Waals surface area contributed by atoms with Crippen LogP contribution >= 0.6 is 0 Å². The van der Waals surface area contributed by atoms with E-state index in [9.17, 15) is 9.59 Å². The normalized spacial score (nSPS) is 11.0. The van der Waals surface area contributed by atoms with Crippen LogP contribution in [0.15, 0.2) is 18.5 Å². The summed E-state index contributed by atoms with van der Waals surface area (Å²) in [5, 5.41) is 10.7. The van der Waals surface area contributed by atoms with Crippen LogP contribution in [0.25, 0.3) is 6.08 Å². The van der Waals surface area contributed by atoms with Gasteiger partial charge in [0.15, 0.2) is 0 Å². The van der Waals surface area contributed by atoms with E-state index in [2.05, 4.69) is 15.5 Å². The zero-order chi connectivity index (χ0) is 16.3. The summed E-state index contributed by atoms with van der Waals surface area (Å²) in [5.41, 5.74) is 7.53. The van der Waals surface area contributed by atoms with Crippen LogP contribution in [-0.2, 0) is 18.4 Å². The number of carbonyl (C=O) groups excluding carboxylic acids is 2. The maximum Gasteiger partial charge on any atom is 0.269 e. The molecular formula is C14H18N6O2. The lowest BCUT2D eigenvalue weighted by atomic mass is 10.2. The molecular weight excluding hydrogens is 284 g/mol. The van der Waals surface area contributed by atoms with Gasteiger partial charge < -0.3 is 11.1 Å². The van der Waals surface area contributed by atoms with E-state index in [1.54, 1.807) is 19.3 Å². The van der Waals surface area contributed by atoms with E-state index in [1.807, 2.05) is 18.5 Å². The summed E-state index contributed by atoms with van der Waals surface area (Å²) in [4.78, 5) is 23.3. The minimum atomic E-state index is -0.653. The van der Waals surface area contributed by atoms with Gasteiger partial charge in [-0.15, -0.1) is 0 Å². The first kappa shape index (κ1) is 15.5. The molecule has 0 fully saturated rings. The minimum Gasteiger partial charge on any atom is -0.364 e. The van der Waals surface area contributed by atoms with Gasteiger partial charge in [-0.1, -0.05) is 0 Å². The first-order valence-electron chi connectivity index (χ1n) is 6.77. The van der Waals surface area contributed by atoms with Crippen molar-refractivity contribution in [2.24, 2.45) is 12.8 Å². The molecule has 116 valence electrons. The Balaban J connectivity index is 2.12. The van der Waals surface area contributed by atoms with Gasteiger partial charge in [0.1, 0.15) is 5.69 Å². The SMILES string of the molecule is CCn1ncc(/C=C/C(=O)Nc2cnn(C)c2C(N)=O)c1C. The highest BCUT2D eigenvalue weighted by atomic mass is 16.2. The van der Waals surface area contributed by atoms with Crippen LogP contribution in [0.1, 0.15) is 28.7 Å². The number of aromatic nitrogens is 4. The Morgan fingerprint density at radius 3 is 2.68 bits per heavy atom. The lowest BCUT2D eigenvalue weighted by Gasteiger charge is -2.02. The lowest BCUT2D eigenvalue weighted by molar-refractivity contribution is -0.111. The Hall–Kier alpha value is -2.90. The fraction of sp³-hybridized carbons (Fsp3) is 0.286. The number of aryl methyl sites for hydroxylation is 2. The molecule has 2 aromatic heterocycles. The monoisotopic (exact) mass is 302 g/mol. The van der Waals surface area contributed by atoms with Gasteiger partial charge >= 0.3 is 0 Å². The van der Waals surface area contributed by atoms with Crippen LogP contribution in [-0.4, -0.2) is 31.4 Å². The molecule has 2 aromatic rings. The maximum atomic E-state index is 11.9. The molecule has 8 nitrogen and oxygen atoms in total. The number of hydrogen-bond donors (Lipinski definition) is 2. The van der Waals surface area contributed by atoms with Gasteiger partial charge in [0, 0.05) is 30.9 Å². The number of amides is 2. The number of nitrogens with zero attached hydrogens (tertiary/aromatic N) is 4. The van der Waals surface area contributed by atoms with Gasteiger partial charge in [0.2, 0.25) is 5.91 Å². The summed E-state index contributed by atoms with van der Waals surface area (Å²) in [6.07, 6.45) is 6.12. The van der Waals surface area contributed by atoms with E-state index < -0.39 is 5.91 Å². The van der Waals surface area contributed by atoms with Gasteiger partial charge in [-0.3, -0.25) is 19.0 Å². The number of carbonyl (C=O) groups is 2. The van der Waals surface area contributed by atoms with E-state index in [4.69, 9.17) is 5.73 Å². The Labute approximate surface area is 127 Å². The topological polar surface area (TPSA) is 108 Å². The summed E-state index contributed by atoms with van der Waals surface area (Å²) in [7, 11) is 1.58. The number of nitrogens with one attached hydrogen (secondary N) is 1. The van der Waals surface area contributed by atoms with E-state index >= 15 is 0 Å². The molecule has 2 rings (SSSR count). The predicted molar refractivity (Wildman–Crippen MR) is 82.0 cm³/mol. The van der Waals surface area contributed by atoms with Crippen molar-refractivity contribution in [3.63, 3.8) is 0 Å². The van der Waals surface area contributed by atoms with Crippen molar-refractivity contribution in [2.75, 3.05) is 5.32 Å². The van der Waals surface area contributed by atoms with Gasteiger partial charge in [0.25, 0.3) is 5.91 Å². The average Bonchev–Trinajstić information content (AvgIpc) is 3.00. The van der Waals surface area contributed by atoms with Crippen molar-refractivity contribution < 1.29 is 9.59 Å². The molecule has 0 bridgehead atoms. The highest BCUT2D eigenvalue weighted by molar-refractivity contribution is 6.06. The summed E-state index contributed by atoms with van der Waals surface area (Å²) in [5.74, 6) is -1.03. The van der Waals surface area contributed by atoms with Crippen molar-refractivity contribution in [2.45, 2.75) is 20.4 Å². The third kappa shape index (κ3) is 3.05. The van der Waals surface area contributed by atoms with Gasteiger partial charge in [0.05, 0.1) is 18.1 Å². The Morgan fingerprint density at radius 2 is 2.09 bits per heavy atom. The van der Waals surface area contributed by atoms with Gasteiger partial charge in [-0.25, -0.2) is 0 Å². The number of anilines is 1. The van der Waals surface area contributed by atoms with E-state index in [0.717, 1.165) is 17.8 Å². The van der Waals surface area contributed by atoms with Crippen LogP contribution in [0.2, 0.25) is 0 Å². The van der Waals surface area contributed by atoms with E-state index in [1.165, 1.54) is 17.0 Å². The summed E-state index contributed by atoms with van der Waals surface area (Å²) < 4.78 is 3.15. The highest BCUT2D eigenvalue weighted by Crippen LogP contribution is 2.14. The molecule has 0 aliphatic carbocycles. The van der Waals surface area contributed by atoms with Gasteiger partial charge in [-0.2, -0.15) is 10.2 Å². The second kappa shape index (κ2) is 6.25. The zero-order valence-corrected chi connectivity index (χ0v) is 12.7. The number of rotatable bonds is 5. The molecule has 2 amide bonds. The molecule has 0 aliphatic heterocycles. The molecule has 2 heterocycles. The minimum absolute atomic E-state index is 0.150. The second-order valence-electron chi connectivity index (χ2n) is 4.72. The van der Waals surface area contributed by atoms with Crippen molar-refractivity contribution >= 4 is 23.6 Å². The van der Waals surface area contributed by atoms with Crippen LogP contribution < -0.4 is 11.1 Å². The first-order valence-corrected chi connectivity index (χ1v) is 6.77. The molecule has 0 radical (unpaired) electrons. The van der Waals surface area contributed by atoms with Gasteiger partial charge in [-0.05, 0) is 19.9 Å². The molecule has 0 spiro atoms. The van der Waals surface area contributed by atoms with Crippen LogP contribution in [0.4, 0.5) is 5.69 Å². The Kier molecular flexibility index (Phi) is 4.40. The number of primary amides is 1. The molecule has 3 N–H and O–H groups in total. The molecule has 0 aromatic carbocycles. The number of hydrogen-bond acceptors (Lipinski definition) is 4. The standard InChI is InChI=1S/C14H18N6O2/c1-4-20-9(2)10(7-17-20)5-6-12(21)18-11-8-16-19(3)13(11)14(15)22/h5-8H,4H2,1-3H3,(H2,15,22)(H,18,21)/b6-5+. The third-order valence-corrected chi connectivity index (χ3v) is 3.28. The smallest absolute Gasteiger partial charge is 0.269 e. The van der Waals surface area contributed by atoms with Crippen LogP contribution in [0.5, 0.6) is 0 Å². The van der Waals surface area contributed by atoms with Crippen molar-refractivity contribution in [3.05, 3.63) is 35.4 Å². The fourth-order valence-electron chi connectivity index (χ4n) is 2.10. The molecule has 0 unspecified atom stereocenters. The predicted octanol–water partition coefficient (Wildman–Crippen LogP) is 0.696. The molecule has 8 heteroatoms. The lowest BCUT2D eigenvalue weighted by Crippen LogP contribution is -2.19. The maximum absolute atomic E-state index is 11.9. The summed E-state index contributed by atoms with van der Waals surface area (Å²) in [6, 6.07) is 0. The second-order valence-corrected chi connectivity index (χ2v) is 4.72. The van der Waals surface area contributed by atoms with E-state index in [0.29, 0.717) is 0 Å². The quantitative estimate of drug-likeness (QED) is 0.792. The summed E-state index contributed by atoms with van der Waals surface area (Å²) >= 11 is 0. The van der Waals surface area contributed by atoms with E-state index in [-0.39, 0.29) is 17.3 Å². The van der Waals surface area contributed by atoms with Crippen LogP contribution in [0.3, 0.4) is 0 Å². The van der Waals surface area contributed by atoms with Crippen LogP contribution in [0, 0.1) is 6.92 Å². The molecule has 0 atom stereocenters. The molecule has 0 saturated carbocycles.